The lowest BCUT2D eigenvalue weighted by molar-refractivity contribution is -0.137. The first kappa shape index (κ1) is 13.4. The van der Waals surface area contributed by atoms with Crippen LogP contribution in [0.3, 0.4) is 0 Å². The average Bonchev–Trinajstić information content (AvgIpc) is 2.38. The van der Waals surface area contributed by atoms with Crippen LogP contribution in [0.15, 0.2) is 47.4 Å². The Morgan fingerprint density at radius 1 is 1.11 bits per heavy atom. The molecule has 1 aromatic carbocycles. The van der Waals surface area contributed by atoms with Crippen LogP contribution in [-0.2, 0) is 12.7 Å². The molecule has 0 atom stereocenters. The molecule has 0 aliphatic heterocycles. The summed E-state index contributed by atoms with van der Waals surface area (Å²) in [4.78, 5) is 12.0. The third-order valence-electron chi connectivity index (χ3n) is 2.71. The first-order valence-corrected chi connectivity index (χ1v) is 5.52. The molecule has 19 heavy (non-hydrogen) atoms. The molecule has 0 unspecified atom stereocenters. The lowest BCUT2D eigenvalue weighted by Crippen LogP contribution is -2.25. The number of para-hydroxylation sites is 1. The summed E-state index contributed by atoms with van der Waals surface area (Å²) >= 11 is 0. The molecule has 0 aliphatic carbocycles. The number of rotatable bonds is 2. The van der Waals surface area contributed by atoms with Crippen molar-refractivity contribution in [1.29, 1.82) is 0 Å². The third-order valence-corrected chi connectivity index (χ3v) is 2.71. The van der Waals surface area contributed by atoms with E-state index in [2.05, 4.69) is 0 Å². The molecule has 100 valence electrons. The van der Waals surface area contributed by atoms with Gasteiger partial charge in [-0.2, -0.15) is 13.2 Å². The van der Waals surface area contributed by atoms with E-state index in [1.54, 1.807) is 0 Å². The van der Waals surface area contributed by atoms with Crippen LogP contribution in [0.4, 0.5) is 13.2 Å². The predicted octanol–water partition coefficient (Wildman–Crippen LogP) is 2.32. The molecule has 0 bridgehead atoms. The van der Waals surface area contributed by atoms with Crippen molar-refractivity contribution in [3.05, 3.63) is 64.1 Å². The van der Waals surface area contributed by atoms with Gasteiger partial charge < -0.3 is 5.73 Å². The van der Waals surface area contributed by atoms with Crippen molar-refractivity contribution in [2.45, 2.75) is 12.7 Å². The van der Waals surface area contributed by atoms with Crippen LogP contribution < -0.4 is 11.3 Å². The van der Waals surface area contributed by atoms with E-state index in [9.17, 15) is 18.0 Å². The van der Waals surface area contributed by atoms with Crippen molar-refractivity contribution in [2.24, 2.45) is 5.73 Å². The normalized spacial score (nSPS) is 11.6. The standard InChI is InChI=1S/C13H11F3N2O/c14-13(15,16)10-5-1-2-6-11(10)18-7-3-4-9(8-17)12(18)19/h1-7H,8,17H2. The van der Waals surface area contributed by atoms with Gasteiger partial charge in [-0.3, -0.25) is 9.36 Å². The Hall–Kier alpha value is -2.08. The Morgan fingerprint density at radius 2 is 1.79 bits per heavy atom. The lowest BCUT2D eigenvalue weighted by Gasteiger charge is -2.14. The van der Waals surface area contributed by atoms with Crippen molar-refractivity contribution in [1.82, 2.24) is 4.57 Å². The molecule has 0 saturated carbocycles. The first-order valence-electron chi connectivity index (χ1n) is 5.52. The third kappa shape index (κ3) is 2.53. The molecule has 0 saturated heterocycles. The molecule has 6 heteroatoms. The zero-order chi connectivity index (χ0) is 14.0. The van der Waals surface area contributed by atoms with Gasteiger partial charge in [0.2, 0.25) is 0 Å². The molecule has 2 aromatic rings. The number of aromatic nitrogens is 1. The number of hydrogen-bond donors (Lipinski definition) is 1. The quantitative estimate of drug-likeness (QED) is 0.908. The van der Waals surface area contributed by atoms with E-state index in [0.29, 0.717) is 0 Å². The second-order valence-corrected chi connectivity index (χ2v) is 3.93. The van der Waals surface area contributed by atoms with Gasteiger partial charge in [0.1, 0.15) is 0 Å². The van der Waals surface area contributed by atoms with Crippen molar-refractivity contribution >= 4 is 0 Å². The summed E-state index contributed by atoms with van der Waals surface area (Å²) in [5.41, 5.74) is 4.06. The average molecular weight is 268 g/mol. The fourth-order valence-electron chi connectivity index (χ4n) is 1.81. The molecule has 1 aromatic heterocycles. The zero-order valence-corrected chi connectivity index (χ0v) is 9.82. The highest BCUT2D eigenvalue weighted by molar-refractivity contribution is 5.43. The summed E-state index contributed by atoms with van der Waals surface area (Å²) in [6.45, 7) is -0.0200. The van der Waals surface area contributed by atoms with Gasteiger partial charge >= 0.3 is 6.18 Å². The van der Waals surface area contributed by atoms with E-state index in [4.69, 9.17) is 5.73 Å². The summed E-state index contributed by atoms with van der Waals surface area (Å²) < 4.78 is 39.7. The molecule has 0 aliphatic rings. The van der Waals surface area contributed by atoms with Gasteiger partial charge in [-0.15, -0.1) is 0 Å². The topological polar surface area (TPSA) is 48.0 Å². The lowest BCUT2D eigenvalue weighted by atomic mass is 10.1. The molecule has 0 radical (unpaired) electrons. The summed E-state index contributed by atoms with van der Waals surface area (Å²) in [6, 6.07) is 7.92. The van der Waals surface area contributed by atoms with Crippen LogP contribution in [0.2, 0.25) is 0 Å². The molecular weight excluding hydrogens is 257 g/mol. The van der Waals surface area contributed by atoms with E-state index < -0.39 is 17.3 Å². The largest absolute Gasteiger partial charge is 0.418 e. The number of nitrogens with zero attached hydrogens (tertiary/aromatic N) is 1. The van der Waals surface area contributed by atoms with E-state index in [0.717, 1.165) is 10.6 Å². The number of hydrogen-bond acceptors (Lipinski definition) is 2. The molecule has 0 amide bonds. The number of nitrogens with two attached hydrogens (primary N) is 1. The molecule has 1 heterocycles. The Kier molecular flexibility index (Phi) is 3.44. The first-order chi connectivity index (χ1) is 8.95. The van der Waals surface area contributed by atoms with Gasteiger partial charge in [0.25, 0.3) is 5.56 Å². The van der Waals surface area contributed by atoms with Crippen LogP contribution >= 0.6 is 0 Å². The predicted molar refractivity (Wildman–Crippen MR) is 64.9 cm³/mol. The number of benzene rings is 1. The van der Waals surface area contributed by atoms with Crippen LogP contribution in [0.1, 0.15) is 11.1 Å². The molecule has 2 N–H and O–H groups in total. The monoisotopic (exact) mass is 268 g/mol. The van der Waals surface area contributed by atoms with Crippen molar-refractivity contribution in [2.75, 3.05) is 0 Å². The smallest absolute Gasteiger partial charge is 0.326 e. The van der Waals surface area contributed by atoms with E-state index >= 15 is 0 Å². The Morgan fingerprint density at radius 3 is 2.42 bits per heavy atom. The Balaban J connectivity index is 2.70. The van der Waals surface area contributed by atoms with Crippen molar-refractivity contribution in [3.63, 3.8) is 0 Å². The second-order valence-electron chi connectivity index (χ2n) is 3.93. The highest BCUT2D eigenvalue weighted by atomic mass is 19.4. The molecule has 0 spiro atoms. The highest BCUT2D eigenvalue weighted by Gasteiger charge is 2.33. The molecular formula is C13H11F3N2O. The summed E-state index contributed by atoms with van der Waals surface area (Å²) in [5, 5.41) is 0. The fraction of sp³-hybridized carbons (Fsp3) is 0.154. The van der Waals surface area contributed by atoms with Crippen LogP contribution in [0, 0.1) is 0 Å². The van der Waals surface area contributed by atoms with Crippen LogP contribution in [-0.4, -0.2) is 4.57 Å². The van der Waals surface area contributed by atoms with Gasteiger partial charge in [-0.05, 0) is 18.2 Å². The van der Waals surface area contributed by atoms with E-state index in [1.165, 1.54) is 36.5 Å². The van der Waals surface area contributed by atoms with Gasteiger partial charge in [0.15, 0.2) is 0 Å². The number of pyridine rings is 1. The maximum Gasteiger partial charge on any atom is 0.418 e. The summed E-state index contributed by atoms with van der Waals surface area (Å²) in [5.74, 6) is 0. The second kappa shape index (κ2) is 4.89. The van der Waals surface area contributed by atoms with Gasteiger partial charge in [-0.1, -0.05) is 18.2 Å². The van der Waals surface area contributed by atoms with Crippen LogP contribution in [0.25, 0.3) is 5.69 Å². The minimum Gasteiger partial charge on any atom is -0.326 e. The van der Waals surface area contributed by atoms with Crippen molar-refractivity contribution < 1.29 is 13.2 Å². The van der Waals surface area contributed by atoms with Gasteiger partial charge in [0.05, 0.1) is 11.3 Å². The molecule has 0 fully saturated rings. The maximum atomic E-state index is 12.9. The van der Waals surface area contributed by atoms with Crippen molar-refractivity contribution in [3.8, 4) is 5.69 Å². The fourth-order valence-corrected chi connectivity index (χ4v) is 1.81. The maximum absolute atomic E-state index is 12.9. The number of alkyl halides is 3. The summed E-state index contributed by atoms with van der Waals surface area (Å²) in [7, 11) is 0. The van der Waals surface area contributed by atoms with E-state index in [-0.39, 0.29) is 17.8 Å². The molecule has 2 rings (SSSR count). The molecule has 3 nitrogen and oxygen atoms in total. The SMILES string of the molecule is NCc1cccn(-c2ccccc2C(F)(F)F)c1=O. The Bertz CT molecular complexity index is 647. The van der Waals surface area contributed by atoms with Gasteiger partial charge in [0, 0.05) is 18.3 Å². The summed E-state index contributed by atoms with van der Waals surface area (Å²) in [6.07, 6.45) is -3.22. The van der Waals surface area contributed by atoms with E-state index in [1.807, 2.05) is 0 Å². The highest BCUT2D eigenvalue weighted by Crippen LogP contribution is 2.33. The van der Waals surface area contributed by atoms with Crippen LogP contribution in [0.5, 0.6) is 0 Å². The minimum absolute atomic E-state index is 0.0200. The van der Waals surface area contributed by atoms with Gasteiger partial charge in [-0.25, -0.2) is 0 Å². The zero-order valence-electron chi connectivity index (χ0n) is 9.82. The minimum atomic E-state index is -4.52. The Labute approximate surface area is 107 Å². The number of halogens is 3.